The molecule has 5 heteroatoms. The smallest absolute Gasteiger partial charge is 0.256 e. The lowest BCUT2D eigenvalue weighted by molar-refractivity contribution is 0.837. The standard InChI is InChI=1S/C15H18BrN3O/c1-7(2)11-13(17)18-14(19-15(11)20)10-5-8(3)12(16)9(4)6-10/h5-7H,1-4H3,(H3,17,18,19,20). The second-order valence-electron chi connectivity index (χ2n) is 5.29. The number of anilines is 1. The topological polar surface area (TPSA) is 71.8 Å². The number of aryl methyl sites for hydroxylation is 2. The molecule has 1 heterocycles. The van der Waals surface area contributed by atoms with Crippen LogP contribution in [0.25, 0.3) is 11.4 Å². The number of aromatic amines is 1. The van der Waals surface area contributed by atoms with Gasteiger partial charge in [0.15, 0.2) is 0 Å². The summed E-state index contributed by atoms with van der Waals surface area (Å²) in [6.07, 6.45) is 0. The molecule has 3 N–H and O–H groups in total. The van der Waals surface area contributed by atoms with E-state index in [1.165, 1.54) is 0 Å². The third-order valence-corrected chi connectivity index (χ3v) is 4.52. The van der Waals surface area contributed by atoms with Crippen molar-refractivity contribution in [3.05, 3.63) is 43.6 Å². The van der Waals surface area contributed by atoms with Crippen LogP contribution in [0.3, 0.4) is 0 Å². The lowest BCUT2D eigenvalue weighted by atomic mass is 10.0. The van der Waals surface area contributed by atoms with Gasteiger partial charge < -0.3 is 10.7 Å². The second kappa shape index (κ2) is 5.40. The highest BCUT2D eigenvalue weighted by Gasteiger charge is 2.14. The molecular weight excluding hydrogens is 318 g/mol. The van der Waals surface area contributed by atoms with Gasteiger partial charge in [-0.2, -0.15) is 0 Å². The fourth-order valence-corrected chi connectivity index (χ4v) is 2.51. The van der Waals surface area contributed by atoms with Gasteiger partial charge in [-0.05, 0) is 43.0 Å². The molecule has 0 fully saturated rings. The monoisotopic (exact) mass is 335 g/mol. The van der Waals surface area contributed by atoms with E-state index in [9.17, 15) is 4.79 Å². The zero-order valence-electron chi connectivity index (χ0n) is 12.0. The molecule has 0 spiro atoms. The summed E-state index contributed by atoms with van der Waals surface area (Å²) >= 11 is 3.53. The van der Waals surface area contributed by atoms with Crippen molar-refractivity contribution < 1.29 is 0 Å². The van der Waals surface area contributed by atoms with E-state index >= 15 is 0 Å². The second-order valence-corrected chi connectivity index (χ2v) is 6.09. The quantitative estimate of drug-likeness (QED) is 0.881. The van der Waals surface area contributed by atoms with Gasteiger partial charge >= 0.3 is 0 Å². The molecule has 20 heavy (non-hydrogen) atoms. The summed E-state index contributed by atoms with van der Waals surface area (Å²) in [7, 11) is 0. The van der Waals surface area contributed by atoms with Crippen molar-refractivity contribution in [2.24, 2.45) is 0 Å². The van der Waals surface area contributed by atoms with Gasteiger partial charge in [-0.3, -0.25) is 4.79 Å². The summed E-state index contributed by atoms with van der Waals surface area (Å²) in [5, 5.41) is 0. The molecule has 1 aromatic heterocycles. The number of hydrogen-bond donors (Lipinski definition) is 2. The van der Waals surface area contributed by atoms with Gasteiger partial charge in [0.05, 0.1) is 5.56 Å². The third kappa shape index (κ3) is 2.63. The first-order valence-corrected chi connectivity index (χ1v) is 7.27. The minimum absolute atomic E-state index is 0.0497. The summed E-state index contributed by atoms with van der Waals surface area (Å²) in [5.41, 5.74) is 9.35. The Balaban J connectivity index is 2.63. The van der Waals surface area contributed by atoms with Crippen LogP contribution in [-0.2, 0) is 0 Å². The number of aromatic nitrogens is 2. The van der Waals surface area contributed by atoms with Crippen LogP contribution in [0, 0.1) is 13.8 Å². The molecule has 0 bridgehead atoms. The van der Waals surface area contributed by atoms with Gasteiger partial charge in [0.2, 0.25) is 0 Å². The number of nitrogens with two attached hydrogens (primary N) is 1. The Labute approximate surface area is 126 Å². The van der Waals surface area contributed by atoms with Gasteiger partial charge in [0.1, 0.15) is 11.6 Å². The van der Waals surface area contributed by atoms with Crippen LogP contribution >= 0.6 is 15.9 Å². The average Bonchev–Trinajstić information content (AvgIpc) is 2.33. The van der Waals surface area contributed by atoms with E-state index in [4.69, 9.17) is 5.73 Å². The minimum Gasteiger partial charge on any atom is -0.383 e. The molecule has 0 amide bonds. The molecule has 0 saturated carbocycles. The van der Waals surface area contributed by atoms with E-state index in [1.807, 2.05) is 39.8 Å². The third-order valence-electron chi connectivity index (χ3n) is 3.27. The van der Waals surface area contributed by atoms with Crippen LogP contribution < -0.4 is 11.3 Å². The number of benzene rings is 1. The number of nitrogens with one attached hydrogen (secondary N) is 1. The van der Waals surface area contributed by atoms with Gasteiger partial charge in [0.25, 0.3) is 5.56 Å². The number of nitrogen functional groups attached to an aromatic ring is 1. The van der Waals surface area contributed by atoms with Gasteiger partial charge in [-0.15, -0.1) is 0 Å². The summed E-state index contributed by atoms with van der Waals surface area (Å²) < 4.78 is 1.07. The van der Waals surface area contributed by atoms with Crippen molar-refractivity contribution in [3.8, 4) is 11.4 Å². The Kier molecular flexibility index (Phi) is 3.99. The maximum Gasteiger partial charge on any atom is 0.256 e. The fraction of sp³-hybridized carbons (Fsp3) is 0.333. The molecule has 0 saturated heterocycles. The summed E-state index contributed by atoms with van der Waals surface area (Å²) in [4.78, 5) is 19.3. The highest BCUT2D eigenvalue weighted by atomic mass is 79.9. The van der Waals surface area contributed by atoms with E-state index < -0.39 is 0 Å². The first kappa shape index (κ1) is 14.8. The lowest BCUT2D eigenvalue weighted by Gasteiger charge is -2.11. The van der Waals surface area contributed by atoms with E-state index in [1.54, 1.807) is 0 Å². The lowest BCUT2D eigenvalue weighted by Crippen LogP contribution is -2.19. The van der Waals surface area contributed by atoms with Crippen LogP contribution in [0.2, 0.25) is 0 Å². The van der Waals surface area contributed by atoms with Crippen molar-refractivity contribution in [2.45, 2.75) is 33.6 Å². The number of H-pyrrole nitrogens is 1. The highest BCUT2D eigenvalue weighted by Crippen LogP contribution is 2.27. The SMILES string of the molecule is Cc1cc(-c2nc(N)c(C(C)C)c(=O)[nH]2)cc(C)c1Br. The van der Waals surface area contributed by atoms with Crippen LogP contribution in [0.5, 0.6) is 0 Å². The van der Waals surface area contributed by atoms with Gasteiger partial charge in [-0.1, -0.05) is 29.8 Å². The van der Waals surface area contributed by atoms with E-state index in [-0.39, 0.29) is 11.5 Å². The Morgan fingerprint density at radius 3 is 2.25 bits per heavy atom. The summed E-state index contributed by atoms with van der Waals surface area (Å²) in [6, 6.07) is 3.95. The fourth-order valence-electron chi connectivity index (χ4n) is 2.28. The number of nitrogens with zero attached hydrogens (tertiary/aromatic N) is 1. The van der Waals surface area contributed by atoms with E-state index in [0.717, 1.165) is 21.2 Å². The highest BCUT2D eigenvalue weighted by molar-refractivity contribution is 9.10. The summed E-state index contributed by atoms with van der Waals surface area (Å²) in [6.45, 7) is 7.86. The minimum atomic E-state index is -0.166. The van der Waals surface area contributed by atoms with Crippen LogP contribution in [0.4, 0.5) is 5.82 Å². The maximum atomic E-state index is 12.1. The van der Waals surface area contributed by atoms with E-state index in [2.05, 4.69) is 25.9 Å². The average molecular weight is 336 g/mol. The number of halogens is 1. The molecule has 0 atom stereocenters. The molecule has 0 aliphatic rings. The molecule has 0 aliphatic carbocycles. The molecule has 1 aromatic carbocycles. The molecule has 4 nitrogen and oxygen atoms in total. The Morgan fingerprint density at radius 2 is 1.80 bits per heavy atom. The van der Waals surface area contributed by atoms with Crippen molar-refractivity contribution >= 4 is 21.7 Å². The molecule has 2 rings (SSSR count). The maximum absolute atomic E-state index is 12.1. The Bertz CT molecular complexity index is 697. The summed E-state index contributed by atoms with van der Waals surface area (Å²) in [5.74, 6) is 0.862. The number of hydrogen-bond acceptors (Lipinski definition) is 3. The Hall–Kier alpha value is -1.62. The Morgan fingerprint density at radius 1 is 1.25 bits per heavy atom. The molecule has 0 aliphatic heterocycles. The molecule has 2 aromatic rings. The van der Waals surface area contributed by atoms with Crippen molar-refractivity contribution in [3.63, 3.8) is 0 Å². The van der Waals surface area contributed by atoms with Crippen molar-refractivity contribution in [1.29, 1.82) is 0 Å². The normalized spacial score (nSPS) is 11.1. The zero-order valence-corrected chi connectivity index (χ0v) is 13.6. The van der Waals surface area contributed by atoms with Crippen LogP contribution in [-0.4, -0.2) is 9.97 Å². The largest absolute Gasteiger partial charge is 0.383 e. The van der Waals surface area contributed by atoms with Gasteiger partial charge in [-0.25, -0.2) is 4.98 Å². The number of rotatable bonds is 2. The first-order chi connectivity index (χ1) is 9.31. The van der Waals surface area contributed by atoms with Crippen molar-refractivity contribution in [2.75, 3.05) is 5.73 Å². The predicted molar refractivity (Wildman–Crippen MR) is 86.0 cm³/mol. The van der Waals surface area contributed by atoms with Gasteiger partial charge in [0, 0.05) is 10.0 Å². The van der Waals surface area contributed by atoms with E-state index in [0.29, 0.717) is 17.2 Å². The molecular formula is C15H18BrN3O. The predicted octanol–water partition coefficient (Wildman–Crippen LogP) is 3.52. The van der Waals surface area contributed by atoms with Crippen LogP contribution in [0.1, 0.15) is 36.5 Å². The molecule has 0 radical (unpaired) electrons. The van der Waals surface area contributed by atoms with Crippen LogP contribution in [0.15, 0.2) is 21.4 Å². The zero-order chi connectivity index (χ0) is 15.0. The first-order valence-electron chi connectivity index (χ1n) is 6.48. The molecule has 0 unspecified atom stereocenters. The molecule has 106 valence electrons. The van der Waals surface area contributed by atoms with Crippen molar-refractivity contribution in [1.82, 2.24) is 9.97 Å².